The molecule has 0 fully saturated rings. The number of benzene rings is 2. The minimum atomic E-state index is -1.13. The molecule has 37 heavy (non-hydrogen) atoms. The highest BCUT2D eigenvalue weighted by atomic mass is 16.5. The molecule has 2 atom stereocenters. The number of fused-ring (bicyclic) bond motifs is 1. The van der Waals surface area contributed by atoms with Crippen molar-refractivity contribution in [3.63, 3.8) is 0 Å². The standard InChI is InChI=1S/C28H32N2O7/c1-5-17(3)26(27(33)34)30-23(31)14-29-24(32)15-36-21-11-16(2)12-22-25(21)18(4)20(28(35)37-22)13-19-9-7-6-8-10-19/h6-12,17,26H,5,13-15H2,1-4H3,(H,29,32)(H,30,31)(H,33,34). The summed E-state index contributed by atoms with van der Waals surface area (Å²) in [5.41, 5.74) is 2.89. The summed E-state index contributed by atoms with van der Waals surface area (Å²) in [5.74, 6) is -2.17. The van der Waals surface area contributed by atoms with Crippen molar-refractivity contribution in [3.8, 4) is 5.75 Å². The zero-order valence-corrected chi connectivity index (χ0v) is 21.4. The molecule has 2 unspecified atom stereocenters. The van der Waals surface area contributed by atoms with E-state index in [1.165, 1.54) is 0 Å². The Morgan fingerprint density at radius 3 is 2.43 bits per heavy atom. The summed E-state index contributed by atoms with van der Waals surface area (Å²) < 4.78 is 11.4. The Balaban J connectivity index is 1.72. The Hall–Kier alpha value is -4.14. The van der Waals surface area contributed by atoms with E-state index in [1.54, 1.807) is 19.1 Å². The maximum absolute atomic E-state index is 12.7. The van der Waals surface area contributed by atoms with Crippen LogP contribution < -0.4 is 21.0 Å². The van der Waals surface area contributed by atoms with Crippen LogP contribution in [0.4, 0.5) is 0 Å². The van der Waals surface area contributed by atoms with Gasteiger partial charge in [-0.05, 0) is 48.6 Å². The van der Waals surface area contributed by atoms with Gasteiger partial charge in [0.2, 0.25) is 5.91 Å². The van der Waals surface area contributed by atoms with Gasteiger partial charge < -0.3 is 24.9 Å². The fraction of sp³-hybridized carbons (Fsp3) is 0.357. The highest BCUT2D eigenvalue weighted by molar-refractivity contribution is 5.90. The van der Waals surface area contributed by atoms with Gasteiger partial charge in [-0.1, -0.05) is 50.6 Å². The third-order valence-electron chi connectivity index (χ3n) is 6.31. The maximum atomic E-state index is 12.7. The number of aryl methyl sites for hydroxylation is 2. The normalized spacial score (nSPS) is 12.5. The van der Waals surface area contributed by atoms with Crippen molar-refractivity contribution in [2.24, 2.45) is 5.92 Å². The van der Waals surface area contributed by atoms with Gasteiger partial charge in [0.1, 0.15) is 17.4 Å². The van der Waals surface area contributed by atoms with E-state index in [0.717, 1.165) is 11.1 Å². The van der Waals surface area contributed by atoms with E-state index in [1.807, 2.05) is 51.1 Å². The minimum absolute atomic E-state index is 0.259. The molecule has 3 aromatic rings. The highest BCUT2D eigenvalue weighted by Crippen LogP contribution is 2.31. The van der Waals surface area contributed by atoms with Crippen molar-refractivity contribution in [3.05, 3.63) is 75.1 Å². The molecular weight excluding hydrogens is 476 g/mol. The van der Waals surface area contributed by atoms with Crippen LogP contribution in [0.1, 0.15) is 42.5 Å². The van der Waals surface area contributed by atoms with Gasteiger partial charge in [-0.15, -0.1) is 0 Å². The van der Waals surface area contributed by atoms with E-state index >= 15 is 0 Å². The topological polar surface area (TPSA) is 135 Å². The first-order valence-corrected chi connectivity index (χ1v) is 12.1. The molecule has 0 saturated heterocycles. The van der Waals surface area contributed by atoms with Gasteiger partial charge in [-0.3, -0.25) is 9.59 Å². The largest absolute Gasteiger partial charge is 0.483 e. The van der Waals surface area contributed by atoms with Gasteiger partial charge in [0.05, 0.1) is 11.9 Å². The molecule has 0 saturated carbocycles. The Kier molecular flexibility index (Phi) is 9.05. The Morgan fingerprint density at radius 1 is 1.08 bits per heavy atom. The minimum Gasteiger partial charge on any atom is -0.483 e. The van der Waals surface area contributed by atoms with Gasteiger partial charge in [0.15, 0.2) is 6.61 Å². The van der Waals surface area contributed by atoms with E-state index in [4.69, 9.17) is 9.15 Å². The second kappa shape index (κ2) is 12.2. The summed E-state index contributed by atoms with van der Waals surface area (Å²) in [6.07, 6.45) is 0.969. The van der Waals surface area contributed by atoms with Crippen LogP contribution in [0, 0.1) is 19.8 Å². The second-order valence-corrected chi connectivity index (χ2v) is 9.13. The summed E-state index contributed by atoms with van der Waals surface area (Å²) in [4.78, 5) is 48.7. The third kappa shape index (κ3) is 6.97. The number of hydrogen-bond donors (Lipinski definition) is 3. The lowest BCUT2D eigenvalue weighted by molar-refractivity contribution is -0.143. The second-order valence-electron chi connectivity index (χ2n) is 9.13. The summed E-state index contributed by atoms with van der Waals surface area (Å²) in [6.45, 7) is 6.43. The van der Waals surface area contributed by atoms with Crippen LogP contribution in [0.25, 0.3) is 11.0 Å². The number of hydrogen-bond acceptors (Lipinski definition) is 6. The predicted octanol–water partition coefficient (Wildman–Crippen LogP) is 3.11. The molecule has 0 aliphatic heterocycles. The molecule has 1 aromatic heterocycles. The van der Waals surface area contributed by atoms with Crippen molar-refractivity contribution in [2.75, 3.05) is 13.2 Å². The van der Waals surface area contributed by atoms with Crippen LogP contribution in [-0.2, 0) is 20.8 Å². The Bertz CT molecular complexity index is 1350. The number of amides is 2. The summed E-state index contributed by atoms with van der Waals surface area (Å²) in [7, 11) is 0. The molecule has 0 aliphatic rings. The van der Waals surface area contributed by atoms with Gasteiger partial charge in [-0.2, -0.15) is 0 Å². The monoisotopic (exact) mass is 508 g/mol. The predicted molar refractivity (Wildman–Crippen MR) is 139 cm³/mol. The van der Waals surface area contributed by atoms with Crippen molar-refractivity contribution < 1.29 is 28.6 Å². The summed E-state index contributed by atoms with van der Waals surface area (Å²) in [6, 6.07) is 12.0. The lowest BCUT2D eigenvalue weighted by atomic mass is 9.98. The number of nitrogens with one attached hydrogen (secondary N) is 2. The number of carboxylic acid groups (broad SMARTS) is 1. The quantitative estimate of drug-likeness (QED) is 0.339. The third-order valence-corrected chi connectivity index (χ3v) is 6.31. The molecule has 9 nitrogen and oxygen atoms in total. The van der Waals surface area contributed by atoms with Gasteiger partial charge in [0, 0.05) is 12.0 Å². The SMILES string of the molecule is CCC(C)C(NC(=O)CNC(=O)COc1cc(C)cc2oc(=O)c(Cc3ccccc3)c(C)c12)C(=O)O. The molecule has 0 bridgehead atoms. The van der Waals surface area contributed by atoms with E-state index < -0.39 is 29.5 Å². The fourth-order valence-corrected chi connectivity index (χ4v) is 4.04. The first-order chi connectivity index (χ1) is 17.6. The average Bonchev–Trinajstić information content (AvgIpc) is 2.86. The molecule has 9 heteroatoms. The van der Waals surface area contributed by atoms with E-state index in [0.29, 0.717) is 40.7 Å². The summed E-state index contributed by atoms with van der Waals surface area (Å²) >= 11 is 0. The molecule has 3 rings (SSSR count). The molecule has 1 heterocycles. The van der Waals surface area contributed by atoms with Crippen molar-refractivity contribution >= 4 is 28.8 Å². The maximum Gasteiger partial charge on any atom is 0.340 e. The van der Waals surface area contributed by atoms with Gasteiger partial charge in [-0.25, -0.2) is 9.59 Å². The van der Waals surface area contributed by atoms with Crippen LogP contribution in [-0.4, -0.2) is 42.1 Å². The molecule has 3 N–H and O–H groups in total. The molecule has 0 aliphatic carbocycles. The average molecular weight is 509 g/mol. The number of carbonyl (C=O) groups is 3. The smallest absolute Gasteiger partial charge is 0.340 e. The van der Waals surface area contributed by atoms with Crippen molar-refractivity contribution in [1.82, 2.24) is 10.6 Å². The lowest BCUT2D eigenvalue weighted by Gasteiger charge is -2.20. The number of carboxylic acids is 1. The molecule has 196 valence electrons. The van der Waals surface area contributed by atoms with E-state index in [9.17, 15) is 24.3 Å². The van der Waals surface area contributed by atoms with Crippen LogP contribution in [0.3, 0.4) is 0 Å². The fourth-order valence-electron chi connectivity index (χ4n) is 4.04. The Morgan fingerprint density at radius 2 is 1.78 bits per heavy atom. The number of ether oxygens (including phenoxy) is 1. The van der Waals surface area contributed by atoms with Gasteiger partial charge >= 0.3 is 11.6 Å². The highest BCUT2D eigenvalue weighted by Gasteiger charge is 2.25. The molecule has 0 radical (unpaired) electrons. The van der Waals surface area contributed by atoms with Crippen LogP contribution >= 0.6 is 0 Å². The first-order valence-electron chi connectivity index (χ1n) is 12.1. The zero-order valence-electron chi connectivity index (χ0n) is 21.4. The molecular formula is C28H32N2O7. The summed E-state index contributed by atoms with van der Waals surface area (Å²) in [5, 5.41) is 14.8. The Labute approximate surface area is 214 Å². The molecule has 2 aromatic carbocycles. The number of aliphatic carboxylic acids is 1. The van der Waals surface area contributed by atoms with Crippen molar-refractivity contribution in [1.29, 1.82) is 0 Å². The van der Waals surface area contributed by atoms with Crippen LogP contribution in [0.15, 0.2) is 51.7 Å². The zero-order chi connectivity index (χ0) is 27.1. The molecule has 0 spiro atoms. The number of carbonyl (C=O) groups excluding carboxylic acids is 2. The lowest BCUT2D eigenvalue weighted by Crippen LogP contribution is -2.48. The van der Waals surface area contributed by atoms with Crippen molar-refractivity contribution in [2.45, 2.75) is 46.6 Å². The molecule has 2 amide bonds. The van der Waals surface area contributed by atoms with Crippen LogP contribution in [0.2, 0.25) is 0 Å². The van der Waals surface area contributed by atoms with E-state index in [2.05, 4.69) is 10.6 Å². The first kappa shape index (κ1) is 27.4. The van der Waals surface area contributed by atoms with E-state index in [-0.39, 0.29) is 19.1 Å². The number of rotatable bonds is 11. The van der Waals surface area contributed by atoms with Gasteiger partial charge in [0.25, 0.3) is 5.91 Å². The van der Waals surface area contributed by atoms with Crippen LogP contribution in [0.5, 0.6) is 5.75 Å².